The summed E-state index contributed by atoms with van der Waals surface area (Å²) in [6.45, 7) is 7.69. The van der Waals surface area contributed by atoms with Crippen molar-refractivity contribution in [2.75, 3.05) is 18.4 Å². The number of amides is 1. The second kappa shape index (κ2) is 7.63. The monoisotopic (exact) mass is 322 g/mol. The van der Waals surface area contributed by atoms with Gasteiger partial charge in [0.05, 0.1) is 0 Å². The predicted octanol–water partition coefficient (Wildman–Crippen LogP) is 4.48. The van der Waals surface area contributed by atoms with E-state index in [-0.39, 0.29) is 5.91 Å². The van der Waals surface area contributed by atoms with E-state index in [1.165, 1.54) is 31.5 Å². The first-order valence-electron chi connectivity index (χ1n) is 8.79. The molecule has 3 rings (SSSR count). The molecular formula is C21H26N2O. The van der Waals surface area contributed by atoms with Crippen LogP contribution in [0.5, 0.6) is 0 Å². The summed E-state index contributed by atoms with van der Waals surface area (Å²) < 4.78 is 0. The van der Waals surface area contributed by atoms with Gasteiger partial charge in [0.1, 0.15) is 0 Å². The number of carbonyl (C=O) groups is 1. The Morgan fingerprint density at radius 1 is 1.12 bits per heavy atom. The zero-order valence-electron chi connectivity index (χ0n) is 14.6. The molecule has 1 fully saturated rings. The van der Waals surface area contributed by atoms with E-state index in [1.54, 1.807) is 0 Å². The van der Waals surface area contributed by atoms with Gasteiger partial charge in [0.15, 0.2) is 0 Å². The SMILES string of the molecule is Cc1cccc(NC(=O)c2ccc(CN3CCC(C)CC3)cc2)c1. The molecule has 0 bridgehead atoms. The molecule has 1 amide bonds. The average Bonchev–Trinajstić information content (AvgIpc) is 2.57. The second-order valence-corrected chi connectivity index (χ2v) is 6.98. The number of nitrogens with zero attached hydrogens (tertiary/aromatic N) is 1. The number of rotatable bonds is 4. The molecule has 0 spiro atoms. The van der Waals surface area contributed by atoms with E-state index in [2.05, 4.69) is 29.3 Å². The quantitative estimate of drug-likeness (QED) is 0.900. The van der Waals surface area contributed by atoms with Crippen molar-refractivity contribution in [1.29, 1.82) is 0 Å². The van der Waals surface area contributed by atoms with Crippen molar-refractivity contribution in [3.05, 3.63) is 65.2 Å². The van der Waals surface area contributed by atoms with E-state index in [1.807, 2.05) is 43.3 Å². The Bertz CT molecular complexity index is 685. The van der Waals surface area contributed by atoms with Crippen LogP contribution in [0.3, 0.4) is 0 Å². The summed E-state index contributed by atoms with van der Waals surface area (Å²) in [7, 11) is 0. The molecule has 1 saturated heterocycles. The van der Waals surface area contributed by atoms with Crippen LogP contribution in [0, 0.1) is 12.8 Å². The second-order valence-electron chi connectivity index (χ2n) is 6.98. The number of carbonyl (C=O) groups excluding carboxylic acids is 1. The van der Waals surface area contributed by atoms with Crippen molar-refractivity contribution in [3.63, 3.8) is 0 Å². The normalized spacial score (nSPS) is 16.1. The van der Waals surface area contributed by atoms with Crippen LogP contribution < -0.4 is 5.32 Å². The molecular weight excluding hydrogens is 296 g/mol. The van der Waals surface area contributed by atoms with Crippen LogP contribution in [0.1, 0.15) is 41.3 Å². The van der Waals surface area contributed by atoms with Gasteiger partial charge in [-0.1, -0.05) is 31.2 Å². The molecule has 1 aliphatic rings. The fourth-order valence-corrected chi connectivity index (χ4v) is 3.17. The van der Waals surface area contributed by atoms with Crippen LogP contribution >= 0.6 is 0 Å². The highest BCUT2D eigenvalue weighted by atomic mass is 16.1. The highest BCUT2D eigenvalue weighted by Crippen LogP contribution is 2.18. The minimum Gasteiger partial charge on any atom is -0.322 e. The summed E-state index contributed by atoms with van der Waals surface area (Å²) in [5.74, 6) is 0.799. The number of aryl methyl sites for hydroxylation is 1. The van der Waals surface area contributed by atoms with Crippen LogP contribution in [0.2, 0.25) is 0 Å². The Kier molecular flexibility index (Phi) is 5.31. The zero-order valence-corrected chi connectivity index (χ0v) is 14.6. The van der Waals surface area contributed by atoms with Crippen LogP contribution in [-0.2, 0) is 6.54 Å². The number of nitrogens with one attached hydrogen (secondary N) is 1. The Labute approximate surface area is 144 Å². The maximum absolute atomic E-state index is 12.3. The molecule has 0 atom stereocenters. The smallest absolute Gasteiger partial charge is 0.255 e. The summed E-state index contributed by atoms with van der Waals surface area (Å²) in [5.41, 5.74) is 3.95. The number of anilines is 1. The summed E-state index contributed by atoms with van der Waals surface area (Å²) in [6, 6.07) is 15.9. The molecule has 24 heavy (non-hydrogen) atoms. The summed E-state index contributed by atoms with van der Waals surface area (Å²) >= 11 is 0. The third kappa shape index (κ3) is 4.45. The minimum absolute atomic E-state index is 0.0565. The number of hydrogen-bond acceptors (Lipinski definition) is 2. The fraction of sp³-hybridized carbons (Fsp3) is 0.381. The Hall–Kier alpha value is -2.13. The Balaban J connectivity index is 1.58. The lowest BCUT2D eigenvalue weighted by molar-refractivity contribution is 0.102. The molecule has 2 aromatic carbocycles. The highest BCUT2D eigenvalue weighted by Gasteiger charge is 2.15. The third-order valence-corrected chi connectivity index (χ3v) is 4.77. The standard InChI is InChI=1S/C21H26N2O/c1-16-10-12-23(13-11-16)15-18-6-8-19(9-7-18)21(24)22-20-5-3-4-17(2)14-20/h3-9,14,16H,10-13,15H2,1-2H3,(H,22,24). The van der Waals surface area contributed by atoms with Gasteiger partial charge in [-0.05, 0) is 74.2 Å². The van der Waals surface area contributed by atoms with E-state index >= 15 is 0 Å². The number of likely N-dealkylation sites (tertiary alicyclic amines) is 1. The van der Waals surface area contributed by atoms with Crippen molar-refractivity contribution in [3.8, 4) is 0 Å². The lowest BCUT2D eigenvalue weighted by Gasteiger charge is -2.30. The van der Waals surface area contributed by atoms with Gasteiger partial charge in [-0.3, -0.25) is 9.69 Å². The molecule has 0 radical (unpaired) electrons. The molecule has 0 aliphatic carbocycles. The average molecular weight is 322 g/mol. The van der Waals surface area contributed by atoms with Crippen molar-refractivity contribution in [2.45, 2.75) is 33.2 Å². The number of piperidine rings is 1. The molecule has 1 N–H and O–H groups in total. The van der Waals surface area contributed by atoms with Crippen molar-refractivity contribution in [1.82, 2.24) is 4.90 Å². The molecule has 1 aliphatic heterocycles. The van der Waals surface area contributed by atoms with Crippen molar-refractivity contribution < 1.29 is 4.79 Å². The first-order chi connectivity index (χ1) is 11.6. The van der Waals surface area contributed by atoms with Gasteiger partial charge in [-0.25, -0.2) is 0 Å². The van der Waals surface area contributed by atoms with E-state index in [0.29, 0.717) is 5.56 Å². The predicted molar refractivity (Wildman–Crippen MR) is 99.2 cm³/mol. The van der Waals surface area contributed by atoms with Crippen LogP contribution in [0.25, 0.3) is 0 Å². The van der Waals surface area contributed by atoms with Crippen molar-refractivity contribution >= 4 is 11.6 Å². The molecule has 3 nitrogen and oxygen atoms in total. The van der Waals surface area contributed by atoms with Gasteiger partial charge in [0.2, 0.25) is 0 Å². The zero-order chi connectivity index (χ0) is 16.9. The van der Waals surface area contributed by atoms with Crippen molar-refractivity contribution in [2.24, 2.45) is 5.92 Å². The number of hydrogen-bond donors (Lipinski definition) is 1. The molecule has 3 heteroatoms. The summed E-state index contributed by atoms with van der Waals surface area (Å²) in [4.78, 5) is 14.8. The maximum atomic E-state index is 12.3. The molecule has 2 aromatic rings. The summed E-state index contributed by atoms with van der Waals surface area (Å²) in [6.07, 6.45) is 2.58. The van der Waals surface area contributed by atoms with Crippen LogP contribution in [-0.4, -0.2) is 23.9 Å². The van der Waals surface area contributed by atoms with Crippen LogP contribution in [0.4, 0.5) is 5.69 Å². The maximum Gasteiger partial charge on any atom is 0.255 e. The molecule has 126 valence electrons. The van der Waals surface area contributed by atoms with E-state index in [0.717, 1.165) is 23.7 Å². The van der Waals surface area contributed by atoms with E-state index in [4.69, 9.17) is 0 Å². The minimum atomic E-state index is -0.0565. The third-order valence-electron chi connectivity index (χ3n) is 4.77. The van der Waals surface area contributed by atoms with Gasteiger partial charge in [0, 0.05) is 17.8 Å². The fourth-order valence-electron chi connectivity index (χ4n) is 3.17. The van der Waals surface area contributed by atoms with Gasteiger partial charge >= 0.3 is 0 Å². The first kappa shape index (κ1) is 16.7. The summed E-state index contributed by atoms with van der Waals surface area (Å²) in [5, 5.41) is 2.96. The Morgan fingerprint density at radius 3 is 2.50 bits per heavy atom. The molecule has 0 aromatic heterocycles. The lowest BCUT2D eigenvalue weighted by atomic mass is 9.99. The van der Waals surface area contributed by atoms with Gasteiger partial charge in [-0.15, -0.1) is 0 Å². The van der Waals surface area contributed by atoms with E-state index < -0.39 is 0 Å². The van der Waals surface area contributed by atoms with Crippen LogP contribution in [0.15, 0.2) is 48.5 Å². The largest absolute Gasteiger partial charge is 0.322 e. The first-order valence-corrected chi connectivity index (χ1v) is 8.79. The number of benzene rings is 2. The van der Waals surface area contributed by atoms with Gasteiger partial charge in [-0.2, -0.15) is 0 Å². The van der Waals surface area contributed by atoms with Gasteiger partial charge < -0.3 is 5.32 Å². The molecule has 1 heterocycles. The molecule has 0 saturated carbocycles. The van der Waals surface area contributed by atoms with E-state index in [9.17, 15) is 4.79 Å². The van der Waals surface area contributed by atoms with Gasteiger partial charge in [0.25, 0.3) is 5.91 Å². The molecule has 0 unspecified atom stereocenters. The lowest BCUT2D eigenvalue weighted by Crippen LogP contribution is -2.32. The Morgan fingerprint density at radius 2 is 1.83 bits per heavy atom. The highest BCUT2D eigenvalue weighted by molar-refractivity contribution is 6.04. The topological polar surface area (TPSA) is 32.3 Å².